The second-order valence-electron chi connectivity index (χ2n) is 8.46. The lowest BCUT2D eigenvalue weighted by molar-refractivity contribution is -0.138. The van der Waals surface area contributed by atoms with E-state index in [2.05, 4.69) is 0 Å². The molecule has 2 N–H and O–H groups in total. The average Bonchev–Trinajstić information content (AvgIpc) is 3.15. The van der Waals surface area contributed by atoms with Crippen molar-refractivity contribution in [2.75, 3.05) is 26.2 Å². The second-order valence-corrected chi connectivity index (χ2v) is 8.90. The van der Waals surface area contributed by atoms with Gasteiger partial charge in [0.2, 0.25) is 0 Å². The molecule has 0 aromatic heterocycles. The fourth-order valence-electron chi connectivity index (χ4n) is 4.66. The number of amides is 1. The van der Waals surface area contributed by atoms with Crippen molar-refractivity contribution in [2.45, 2.75) is 36.8 Å². The number of likely N-dealkylation sites (tertiary alicyclic amines) is 2. The van der Waals surface area contributed by atoms with Crippen molar-refractivity contribution in [3.8, 4) is 0 Å². The quantitative estimate of drug-likeness (QED) is 0.723. The zero-order chi connectivity index (χ0) is 23.1. The van der Waals surface area contributed by atoms with Crippen LogP contribution in [0.5, 0.6) is 0 Å². The highest BCUT2D eigenvalue weighted by Crippen LogP contribution is 2.36. The number of hydrogen-bond donors (Lipinski definition) is 2. The monoisotopic (exact) mass is 468 g/mol. The Bertz CT molecular complexity index is 975. The number of hydrogen-bond acceptors (Lipinski definition) is 4. The number of nitrogens with zero attached hydrogens (tertiary/aromatic N) is 2. The molecule has 0 radical (unpaired) electrons. The number of alkyl halides is 3. The van der Waals surface area contributed by atoms with Gasteiger partial charge in [0.15, 0.2) is 0 Å². The predicted molar refractivity (Wildman–Crippen MR) is 113 cm³/mol. The number of benzene rings is 2. The van der Waals surface area contributed by atoms with Crippen molar-refractivity contribution in [3.05, 3.63) is 70.2 Å². The van der Waals surface area contributed by atoms with Crippen LogP contribution in [0.3, 0.4) is 0 Å². The summed E-state index contributed by atoms with van der Waals surface area (Å²) in [6.45, 7) is 1.07. The molecule has 4 rings (SSSR count). The fraction of sp³-hybridized carbons (Fsp3) is 0.435. The van der Waals surface area contributed by atoms with Gasteiger partial charge < -0.3 is 15.1 Å². The number of β-amino-alcohol motifs (C(OH)–C–C–N with tert-alkyl or cyclic N) is 1. The number of piperidine rings is 1. The van der Waals surface area contributed by atoms with Crippen LogP contribution in [0.15, 0.2) is 48.5 Å². The Kier molecular flexibility index (Phi) is 6.24. The Morgan fingerprint density at radius 3 is 2.28 bits per heavy atom. The zero-order valence-corrected chi connectivity index (χ0v) is 18.0. The van der Waals surface area contributed by atoms with Gasteiger partial charge in [0, 0.05) is 31.2 Å². The molecule has 2 aromatic carbocycles. The first kappa shape index (κ1) is 23.0. The lowest BCUT2D eigenvalue weighted by Crippen LogP contribution is -2.51. The fourth-order valence-corrected chi connectivity index (χ4v) is 4.78. The van der Waals surface area contributed by atoms with Gasteiger partial charge in [0.25, 0.3) is 5.91 Å². The van der Waals surface area contributed by atoms with Crippen LogP contribution in [-0.2, 0) is 11.8 Å². The third kappa shape index (κ3) is 4.50. The van der Waals surface area contributed by atoms with Gasteiger partial charge in [-0.2, -0.15) is 13.2 Å². The van der Waals surface area contributed by atoms with Crippen LogP contribution < -0.4 is 0 Å². The van der Waals surface area contributed by atoms with Crippen LogP contribution in [0.2, 0.25) is 5.02 Å². The van der Waals surface area contributed by atoms with Gasteiger partial charge in [-0.15, -0.1) is 0 Å². The Labute approximate surface area is 189 Å². The number of carbonyl (C=O) groups is 1. The summed E-state index contributed by atoms with van der Waals surface area (Å²) in [5.74, 6) is -0.742. The lowest BCUT2D eigenvalue weighted by Gasteiger charge is -2.41. The number of rotatable bonds is 3. The van der Waals surface area contributed by atoms with E-state index in [4.69, 9.17) is 11.6 Å². The third-order valence-electron chi connectivity index (χ3n) is 6.48. The van der Waals surface area contributed by atoms with Crippen molar-refractivity contribution in [2.24, 2.45) is 0 Å². The van der Waals surface area contributed by atoms with E-state index < -0.39 is 41.0 Å². The first-order chi connectivity index (χ1) is 15.1. The van der Waals surface area contributed by atoms with Gasteiger partial charge >= 0.3 is 6.18 Å². The second kappa shape index (κ2) is 8.67. The number of aliphatic hydroxyl groups is 2. The molecule has 2 aliphatic heterocycles. The van der Waals surface area contributed by atoms with E-state index >= 15 is 0 Å². The molecule has 0 spiro atoms. The van der Waals surface area contributed by atoms with Gasteiger partial charge in [-0.3, -0.25) is 9.69 Å². The zero-order valence-electron chi connectivity index (χ0n) is 17.2. The van der Waals surface area contributed by atoms with Crippen LogP contribution in [0.25, 0.3) is 0 Å². The van der Waals surface area contributed by atoms with Crippen LogP contribution >= 0.6 is 11.6 Å². The van der Waals surface area contributed by atoms with E-state index in [-0.39, 0.29) is 13.1 Å². The maximum atomic E-state index is 13.3. The van der Waals surface area contributed by atoms with Crippen LogP contribution in [0.1, 0.15) is 34.3 Å². The van der Waals surface area contributed by atoms with Gasteiger partial charge in [-0.1, -0.05) is 35.9 Å². The SMILES string of the molecule is O=C(c1ccccc1C(F)(F)F)N1C[C@H](O)[C@@H](N2CCC(O)(c3ccc(Cl)cc3)CC2)C1. The lowest BCUT2D eigenvalue weighted by atomic mass is 9.84. The number of halogens is 4. The summed E-state index contributed by atoms with van der Waals surface area (Å²) in [5.41, 5.74) is -1.63. The van der Waals surface area contributed by atoms with Gasteiger partial charge in [-0.25, -0.2) is 0 Å². The Morgan fingerprint density at radius 1 is 1.03 bits per heavy atom. The minimum absolute atomic E-state index is 0.0341. The Hall–Kier alpha value is -2.13. The average molecular weight is 469 g/mol. The van der Waals surface area contributed by atoms with Crippen LogP contribution in [0, 0.1) is 0 Å². The van der Waals surface area contributed by atoms with E-state index in [0.717, 1.165) is 17.7 Å². The Morgan fingerprint density at radius 2 is 1.66 bits per heavy atom. The van der Waals surface area contributed by atoms with Crippen molar-refractivity contribution >= 4 is 17.5 Å². The maximum absolute atomic E-state index is 13.3. The molecule has 0 saturated carbocycles. The summed E-state index contributed by atoms with van der Waals surface area (Å²) in [5, 5.41) is 22.2. The summed E-state index contributed by atoms with van der Waals surface area (Å²) < 4.78 is 39.9. The molecular weight excluding hydrogens is 445 g/mol. The largest absolute Gasteiger partial charge is 0.417 e. The van der Waals surface area contributed by atoms with Gasteiger partial charge in [-0.05, 0) is 42.7 Å². The molecule has 2 atom stereocenters. The third-order valence-corrected chi connectivity index (χ3v) is 6.74. The van der Waals surface area contributed by atoms with Crippen molar-refractivity contribution in [1.29, 1.82) is 0 Å². The maximum Gasteiger partial charge on any atom is 0.417 e. The molecular formula is C23H24ClF3N2O3. The molecule has 2 aromatic rings. The molecule has 0 unspecified atom stereocenters. The predicted octanol–water partition coefficient (Wildman–Crippen LogP) is 3.53. The summed E-state index contributed by atoms with van der Waals surface area (Å²) in [7, 11) is 0. The molecule has 172 valence electrons. The van der Waals surface area contributed by atoms with E-state index in [1.165, 1.54) is 17.0 Å². The van der Waals surface area contributed by atoms with E-state index in [0.29, 0.717) is 31.0 Å². The molecule has 2 aliphatic rings. The summed E-state index contributed by atoms with van der Waals surface area (Å²) in [6, 6.07) is 11.3. The minimum atomic E-state index is -4.64. The first-order valence-corrected chi connectivity index (χ1v) is 10.8. The molecule has 0 aliphatic carbocycles. The minimum Gasteiger partial charge on any atom is -0.390 e. The molecule has 2 saturated heterocycles. The highest BCUT2D eigenvalue weighted by Gasteiger charge is 2.43. The standard InChI is InChI=1S/C23H24ClF3N2O3/c24-16-7-5-15(6-8-16)22(32)9-11-28(12-10-22)19-13-29(14-20(19)30)21(31)17-3-1-2-4-18(17)23(25,26)27/h1-8,19-20,30,32H,9-14H2/t19-,20-/m0/s1. The van der Waals surface area contributed by atoms with Crippen LogP contribution in [-0.4, -0.2) is 64.2 Å². The van der Waals surface area contributed by atoms with E-state index in [1.54, 1.807) is 24.3 Å². The number of carbonyl (C=O) groups excluding carboxylic acids is 1. The molecule has 2 heterocycles. The van der Waals surface area contributed by atoms with E-state index in [9.17, 15) is 28.2 Å². The summed E-state index contributed by atoms with van der Waals surface area (Å²) >= 11 is 5.93. The highest BCUT2D eigenvalue weighted by molar-refractivity contribution is 6.30. The normalized spacial score (nSPS) is 24.0. The Balaban J connectivity index is 1.43. The topological polar surface area (TPSA) is 64.0 Å². The molecule has 32 heavy (non-hydrogen) atoms. The van der Waals surface area contributed by atoms with Crippen molar-refractivity contribution < 1.29 is 28.2 Å². The van der Waals surface area contributed by atoms with Crippen molar-refractivity contribution in [1.82, 2.24) is 9.80 Å². The smallest absolute Gasteiger partial charge is 0.390 e. The van der Waals surface area contributed by atoms with E-state index in [1.807, 2.05) is 4.90 Å². The van der Waals surface area contributed by atoms with Gasteiger partial charge in [0.1, 0.15) is 0 Å². The molecule has 5 nitrogen and oxygen atoms in total. The molecule has 1 amide bonds. The number of aliphatic hydroxyl groups excluding tert-OH is 1. The summed E-state index contributed by atoms with van der Waals surface area (Å²) in [4.78, 5) is 16.1. The van der Waals surface area contributed by atoms with Crippen LogP contribution in [0.4, 0.5) is 13.2 Å². The van der Waals surface area contributed by atoms with Crippen molar-refractivity contribution in [3.63, 3.8) is 0 Å². The highest BCUT2D eigenvalue weighted by atomic mass is 35.5. The summed E-state index contributed by atoms with van der Waals surface area (Å²) in [6.07, 6.45) is -4.65. The first-order valence-electron chi connectivity index (χ1n) is 10.4. The van der Waals surface area contributed by atoms with Gasteiger partial charge in [0.05, 0.1) is 28.9 Å². The molecule has 0 bridgehead atoms. The molecule has 2 fully saturated rings. The molecule has 9 heteroatoms.